The molecular weight excluding hydrogens is 250 g/mol. The molecule has 2 heterocycles. The molecule has 18 heavy (non-hydrogen) atoms. The summed E-state index contributed by atoms with van der Waals surface area (Å²) in [5.74, 6) is 0. The highest BCUT2D eigenvalue weighted by molar-refractivity contribution is 6.30. The maximum Gasteiger partial charge on any atom is 0.164 e. The molecule has 5 heteroatoms. The summed E-state index contributed by atoms with van der Waals surface area (Å²) in [4.78, 5) is 19.2. The molecule has 0 N–H and O–H groups in total. The van der Waals surface area contributed by atoms with Crippen LogP contribution in [0, 0.1) is 0 Å². The Bertz CT molecular complexity index is 736. The highest BCUT2D eigenvalue weighted by Gasteiger charge is 2.06. The van der Waals surface area contributed by atoms with Gasteiger partial charge >= 0.3 is 0 Å². The Morgan fingerprint density at radius 3 is 2.89 bits per heavy atom. The fourth-order valence-corrected chi connectivity index (χ4v) is 1.98. The van der Waals surface area contributed by atoms with Crippen molar-refractivity contribution >= 4 is 29.1 Å². The summed E-state index contributed by atoms with van der Waals surface area (Å²) in [6, 6.07) is 9.13. The number of pyridine rings is 1. The van der Waals surface area contributed by atoms with Gasteiger partial charge in [0.25, 0.3) is 0 Å². The molecule has 3 aromatic rings. The van der Waals surface area contributed by atoms with Crippen LogP contribution in [0.4, 0.5) is 0 Å². The highest BCUT2D eigenvalue weighted by Crippen LogP contribution is 2.19. The first-order valence-electron chi connectivity index (χ1n) is 5.32. The molecule has 4 nitrogen and oxygen atoms in total. The number of benzene rings is 1. The predicted octanol–water partition coefficient (Wildman–Crippen LogP) is 2.89. The van der Waals surface area contributed by atoms with E-state index in [0.717, 1.165) is 12.0 Å². The van der Waals surface area contributed by atoms with Crippen LogP contribution in [0.15, 0.2) is 42.9 Å². The van der Waals surface area contributed by atoms with Gasteiger partial charge in [0.2, 0.25) is 0 Å². The number of nitrogens with zero attached hydrogens (tertiary/aromatic N) is 3. The number of fused-ring (bicyclic) bond motifs is 1. The van der Waals surface area contributed by atoms with E-state index in [2.05, 4.69) is 9.97 Å². The zero-order valence-corrected chi connectivity index (χ0v) is 10.0. The van der Waals surface area contributed by atoms with Crippen LogP contribution in [0.25, 0.3) is 16.9 Å². The maximum atomic E-state index is 10.7. The molecule has 0 aliphatic heterocycles. The van der Waals surface area contributed by atoms with Crippen molar-refractivity contribution in [3.63, 3.8) is 0 Å². The number of imidazole rings is 1. The quantitative estimate of drug-likeness (QED) is 0.663. The van der Waals surface area contributed by atoms with Crippen molar-refractivity contribution in [2.24, 2.45) is 0 Å². The summed E-state index contributed by atoms with van der Waals surface area (Å²) < 4.78 is 1.83. The lowest BCUT2D eigenvalue weighted by Gasteiger charge is -2.03. The Hall–Kier alpha value is -2.20. The molecule has 0 amide bonds. The number of aldehydes is 1. The van der Waals surface area contributed by atoms with Crippen LogP contribution in [0.3, 0.4) is 0 Å². The zero-order chi connectivity index (χ0) is 12.5. The molecule has 3 rings (SSSR count). The second-order valence-corrected chi connectivity index (χ2v) is 4.26. The van der Waals surface area contributed by atoms with Gasteiger partial charge in [0, 0.05) is 16.8 Å². The third-order valence-electron chi connectivity index (χ3n) is 2.63. The minimum Gasteiger partial charge on any atom is -0.298 e. The largest absolute Gasteiger partial charge is 0.298 e. The third-order valence-corrected chi connectivity index (χ3v) is 2.87. The predicted molar refractivity (Wildman–Crippen MR) is 69.3 cm³/mol. The van der Waals surface area contributed by atoms with E-state index >= 15 is 0 Å². The van der Waals surface area contributed by atoms with Gasteiger partial charge in [0.1, 0.15) is 11.8 Å². The van der Waals surface area contributed by atoms with Gasteiger partial charge in [0.05, 0.1) is 5.69 Å². The van der Waals surface area contributed by atoms with Crippen molar-refractivity contribution in [2.75, 3.05) is 0 Å². The third kappa shape index (κ3) is 1.76. The van der Waals surface area contributed by atoms with Gasteiger partial charge in [0.15, 0.2) is 11.9 Å². The highest BCUT2D eigenvalue weighted by atomic mass is 35.5. The average molecular weight is 258 g/mol. The molecule has 1 aromatic carbocycles. The minimum absolute atomic E-state index is 0.513. The second-order valence-electron chi connectivity index (χ2n) is 3.82. The topological polar surface area (TPSA) is 47.8 Å². The second kappa shape index (κ2) is 4.23. The zero-order valence-electron chi connectivity index (χ0n) is 9.25. The van der Waals surface area contributed by atoms with Gasteiger partial charge in [-0.15, -0.1) is 0 Å². The normalized spacial score (nSPS) is 10.7. The molecule has 0 aliphatic rings. The summed E-state index contributed by atoms with van der Waals surface area (Å²) in [5.41, 5.74) is 2.78. The minimum atomic E-state index is 0.513. The molecule has 0 spiro atoms. The van der Waals surface area contributed by atoms with Gasteiger partial charge in [-0.3, -0.25) is 9.36 Å². The first-order chi connectivity index (χ1) is 8.78. The molecule has 0 saturated carbocycles. The van der Waals surface area contributed by atoms with E-state index in [-0.39, 0.29) is 0 Å². The van der Waals surface area contributed by atoms with E-state index in [4.69, 9.17) is 11.6 Å². The van der Waals surface area contributed by atoms with Gasteiger partial charge in [-0.2, -0.15) is 0 Å². The molecule has 0 radical (unpaired) electrons. The van der Waals surface area contributed by atoms with Crippen LogP contribution >= 0.6 is 11.6 Å². The van der Waals surface area contributed by atoms with Gasteiger partial charge in [-0.1, -0.05) is 17.7 Å². The number of carbonyl (C=O) groups excluding carboxylic acids is 1. The number of halogens is 1. The molecule has 88 valence electrons. The van der Waals surface area contributed by atoms with Crippen LogP contribution in [-0.4, -0.2) is 20.8 Å². The first-order valence-corrected chi connectivity index (χ1v) is 5.70. The Labute approximate surface area is 108 Å². The van der Waals surface area contributed by atoms with E-state index in [9.17, 15) is 4.79 Å². The number of carbonyl (C=O) groups is 1. The first kappa shape index (κ1) is 10.9. The summed E-state index contributed by atoms with van der Waals surface area (Å²) >= 11 is 5.96. The van der Waals surface area contributed by atoms with Crippen molar-refractivity contribution in [3.8, 4) is 5.69 Å². The van der Waals surface area contributed by atoms with Crippen LogP contribution in [0.2, 0.25) is 5.02 Å². The summed E-state index contributed by atoms with van der Waals surface area (Å²) in [5, 5.41) is 0.652. The molecule has 0 saturated heterocycles. The van der Waals surface area contributed by atoms with Crippen LogP contribution in [0.5, 0.6) is 0 Å². The Morgan fingerprint density at radius 2 is 2.11 bits per heavy atom. The standard InChI is InChI=1S/C13H8ClN3O/c14-10-2-1-3-11(5-10)17-8-16-12-4-9(7-18)6-15-13(12)17/h1-8H. The monoisotopic (exact) mass is 257 g/mol. The van der Waals surface area contributed by atoms with Crippen molar-refractivity contribution in [3.05, 3.63) is 53.4 Å². The SMILES string of the molecule is O=Cc1cnc2c(c1)ncn2-c1cccc(Cl)c1. The molecule has 0 fully saturated rings. The Balaban J connectivity index is 2.21. The maximum absolute atomic E-state index is 10.7. The average Bonchev–Trinajstić information content (AvgIpc) is 2.81. The van der Waals surface area contributed by atoms with Crippen LogP contribution in [0.1, 0.15) is 10.4 Å². The molecule has 0 aliphatic carbocycles. The smallest absolute Gasteiger partial charge is 0.164 e. The van der Waals surface area contributed by atoms with E-state index in [0.29, 0.717) is 21.7 Å². The van der Waals surface area contributed by atoms with Crippen molar-refractivity contribution in [2.45, 2.75) is 0 Å². The summed E-state index contributed by atoms with van der Waals surface area (Å²) in [6.45, 7) is 0. The molecular formula is C13H8ClN3O. The molecule has 0 bridgehead atoms. The lowest BCUT2D eigenvalue weighted by molar-refractivity contribution is 0.112. The number of hydrogen-bond donors (Lipinski definition) is 0. The fourth-order valence-electron chi connectivity index (χ4n) is 1.80. The van der Waals surface area contributed by atoms with E-state index < -0.39 is 0 Å². The van der Waals surface area contributed by atoms with Gasteiger partial charge < -0.3 is 0 Å². The van der Waals surface area contributed by atoms with E-state index in [1.165, 1.54) is 6.20 Å². The summed E-state index contributed by atoms with van der Waals surface area (Å²) in [7, 11) is 0. The number of hydrogen-bond acceptors (Lipinski definition) is 3. The summed E-state index contributed by atoms with van der Waals surface area (Å²) in [6.07, 6.45) is 3.95. The van der Waals surface area contributed by atoms with Crippen molar-refractivity contribution < 1.29 is 4.79 Å². The van der Waals surface area contributed by atoms with Crippen molar-refractivity contribution in [1.82, 2.24) is 14.5 Å². The Morgan fingerprint density at radius 1 is 1.22 bits per heavy atom. The molecule has 0 atom stereocenters. The van der Waals surface area contributed by atoms with Crippen LogP contribution < -0.4 is 0 Å². The fraction of sp³-hybridized carbons (Fsp3) is 0. The lowest BCUT2D eigenvalue weighted by atomic mass is 10.3. The molecule has 2 aromatic heterocycles. The van der Waals surface area contributed by atoms with Gasteiger partial charge in [-0.05, 0) is 24.3 Å². The Kier molecular flexibility index (Phi) is 2.57. The number of rotatable bonds is 2. The van der Waals surface area contributed by atoms with Gasteiger partial charge in [-0.25, -0.2) is 9.97 Å². The van der Waals surface area contributed by atoms with Crippen LogP contribution in [-0.2, 0) is 0 Å². The van der Waals surface area contributed by atoms with E-state index in [1.54, 1.807) is 12.4 Å². The molecule has 0 unspecified atom stereocenters. The van der Waals surface area contributed by atoms with Crippen molar-refractivity contribution in [1.29, 1.82) is 0 Å². The lowest BCUT2D eigenvalue weighted by Crippen LogP contribution is -1.94. The van der Waals surface area contributed by atoms with E-state index in [1.807, 2.05) is 28.8 Å². The number of aromatic nitrogens is 3.